The molecule has 0 aliphatic carbocycles. The Hall–Kier alpha value is -1.29. The van der Waals surface area contributed by atoms with Crippen LogP contribution in [0.25, 0.3) is 0 Å². The van der Waals surface area contributed by atoms with Gasteiger partial charge in [-0.25, -0.2) is 0 Å². The topological polar surface area (TPSA) is 0 Å². The number of hydrogen-bond donors (Lipinski definition) is 0. The Morgan fingerprint density at radius 3 is 2.71 bits per heavy atom. The standard InChI is InChI=1S/C13H15F/c1-4-11-7-6-8-13(10(3)9-14)12(11)5-2/h1,6-8,10H,5,9H2,2-3H3. The molecule has 1 unspecified atom stereocenters. The van der Waals surface area contributed by atoms with Crippen molar-refractivity contribution in [2.45, 2.75) is 26.2 Å². The van der Waals surface area contributed by atoms with Gasteiger partial charge in [-0.1, -0.05) is 31.9 Å². The Morgan fingerprint density at radius 2 is 2.21 bits per heavy atom. The van der Waals surface area contributed by atoms with Gasteiger partial charge in [0.1, 0.15) is 0 Å². The van der Waals surface area contributed by atoms with E-state index in [1.807, 2.05) is 32.0 Å². The van der Waals surface area contributed by atoms with Crippen LogP contribution in [0.1, 0.15) is 36.5 Å². The summed E-state index contributed by atoms with van der Waals surface area (Å²) in [7, 11) is 0. The maximum absolute atomic E-state index is 12.6. The van der Waals surface area contributed by atoms with Gasteiger partial charge in [-0.15, -0.1) is 6.42 Å². The summed E-state index contributed by atoms with van der Waals surface area (Å²) in [6.07, 6.45) is 6.25. The molecule has 0 aromatic heterocycles. The Kier molecular flexibility index (Phi) is 3.71. The van der Waals surface area contributed by atoms with E-state index < -0.39 is 0 Å². The third kappa shape index (κ3) is 1.96. The minimum Gasteiger partial charge on any atom is -0.250 e. The van der Waals surface area contributed by atoms with Crippen molar-refractivity contribution in [3.63, 3.8) is 0 Å². The largest absolute Gasteiger partial charge is 0.250 e. The molecule has 0 bridgehead atoms. The van der Waals surface area contributed by atoms with Gasteiger partial charge >= 0.3 is 0 Å². The zero-order valence-electron chi connectivity index (χ0n) is 8.68. The van der Waals surface area contributed by atoms with Crippen LogP contribution in [0.4, 0.5) is 4.39 Å². The quantitative estimate of drug-likeness (QED) is 0.641. The molecule has 14 heavy (non-hydrogen) atoms. The number of hydrogen-bond acceptors (Lipinski definition) is 0. The minimum absolute atomic E-state index is 0.0572. The van der Waals surface area contributed by atoms with Crippen LogP contribution in [0.3, 0.4) is 0 Å². The van der Waals surface area contributed by atoms with E-state index >= 15 is 0 Å². The number of terminal acetylenes is 1. The first-order chi connectivity index (χ1) is 6.74. The molecule has 1 heteroatoms. The second kappa shape index (κ2) is 4.81. The molecule has 0 fully saturated rings. The van der Waals surface area contributed by atoms with Gasteiger partial charge in [-0.05, 0) is 23.6 Å². The van der Waals surface area contributed by atoms with Gasteiger partial charge in [0, 0.05) is 11.5 Å². The lowest BCUT2D eigenvalue weighted by Crippen LogP contribution is -2.02. The predicted molar refractivity (Wildman–Crippen MR) is 58.1 cm³/mol. The maximum Gasteiger partial charge on any atom is 0.0960 e. The molecule has 0 saturated carbocycles. The minimum atomic E-state index is -0.332. The molecule has 0 saturated heterocycles. The monoisotopic (exact) mass is 190 g/mol. The molecular weight excluding hydrogens is 175 g/mol. The van der Waals surface area contributed by atoms with Crippen molar-refractivity contribution in [2.24, 2.45) is 0 Å². The van der Waals surface area contributed by atoms with Crippen LogP contribution in [0.2, 0.25) is 0 Å². The number of rotatable bonds is 3. The molecule has 0 aliphatic rings. The van der Waals surface area contributed by atoms with Gasteiger partial charge in [-0.3, -0.25) is 4.39 Å². The first-order valence-electron chi connectivity index (χ1n) is 4.88. The van der Waals surface area contributed by atoms with Crippen LogP contribution >= 0.6 is 0 Å². The lowest BCUT2D eigenvalue weighted by Gasteiger charge is -2.14. The second-order valence-corrected chi connectivity index (χ2v) is 3.43. The summed E-state index contributed by atoms with van der Waals surface area (Å²) in [6.45, 7) is 3.60. The van der Waals surface area contributed by atoms with E-state index in [9.17, 15) is 4.39 Å². The highest BCUT2D eigenvalue weighted by Crippen LogP contribution is 2.23. The Balaban J connectivity index is 3.23. The Bertz CT molecular complexity index is 347. The molecule has 0 heterocycles. The van der Waals surface area contributed by atoms with Gasteiger partial charge in [0.15, 0.2) is 0 Å². The smallest absolute Gasteiger partial charge is 0.0960 e. The van der Waals surface area contributed by atoms with Crippen molar-refractivity contribution in [3.8, 4) is 12.3 Å². The molecule has 0 spiro atoms. The average Bonchev–Trinajstić information content (AvgIpc) is 2.26. The fraction of sp³-hybridized carbons (Fsp3) is 0.385. The number of alkyl halides is 1. The van der Waals surface area contributed by atoms with Crippen LogP contribution in [0.15, 0.2) is 18.2 Å². The molecular formula is C13H15F. The highest BCUT2D eigenvalue weighted by Gasteiger charge is 2.11. The van der Waals surface area contributed by atoms with E-state index in [2.05, 4.69) is 5.92 Å². The van der Waals surface area contributed by atoms with Crippen LogP contribution in [-0.2, 0) is 6.42 Å². The summed E-state index contributed by atoms with van der Waals surface area (Å²) in [5, 5.41) is 0. The lowest BCUT2D eigenvalue weighted by molar-refractivity contribution is 0.446. The highest BCUT2D eigenvalue weighted by atomic mass is 19.1. The van der Waals surface area contributed by atoms with Gasteiger partial charge < -0.3 is 0 Å². The fourth-order valence-corrected chi connectivity index (χ4v) is 1.68. The van der Waals surface area contributed by atoms with Crippen molar-refractivity contribution in [2.75, 3.05) is 6.67 Å². The zero-order valence-corrected chi connectivity index (χ0v) is 8.68. The van der Waals surface area contributed by atoms with E-state index in [-0.39, 0.29) is 12.6 Å². The second-order valence-electron chi connectivity index (χ2n) is 3.43. The zero-order chi connectivity index (χ0) is 10.6. The third-order valence-electron chi connectivity index (χ3n) is 2.48. The van der Waals surface area contributed by atoms with E-state index in [1.165, 1.54) is 0 Å². The molecule has 74 valence electrons. The van der Waals surface area contributed by atoms with Crippen molar-refractivity contribution in [1.29, 1.82) is 0 Å². The molecule has 1 rings (SSSR count). The van der Waals surface area contributed by atoms with Crippen LogP contribution in [0.5, 0.6) is 0 Å². The molecule has 1 atom stereocenters. The first kappa shape index (κ1) is 10.8. The van der Waals surface area contributed by atoms with Crippen molar-refractivity contribution in [1.82, 2.24) is 0 Å². The summed E-state index contributed by atoms with van der Waals surface area (Å²) in [5.41, 5.74) is 3.05. The Labute approximate surface area is 85.2 Å². The molecule has 0 nitrogen and oxygen atoms in total. The van der Waals surface area contributed by atoms with Crippen LogP contribution < -0.4 is 0 Å². The van der Waals surface area contributed by atoms with E-state index in [0.29, 0.717) is 0 Å². The van der Waals surface area contributed by atoms with E-state index in [1.54, 1.807) is 0 Å². The molecule has 0 aliphatic heterocycles. The summed E-state index contributed by atoms with van der Waals surface area (Å²) in [6, 6.07) is 5.77. The fourth-order valence-electron chi connectivity index (χ4n) is 1.68. The van der Waals surface area contributed by atoms with E-state index in [0.717, 1.165) is 23.1 Å². The molecule has 1 aromatic carbocycles. The molecule has 1 aromatic rings. The highest BCUT2D eigenvalue weighted by molar-refractivity contribution is 5.45. The van der Waals surface area contributed by atoms with Crippen LogP contribution in [-0.4, -0.2) is 6.67 Å². The van der Waals surface area contributed by atoms with Crippen molar-refractivity contribution >= 4 is 0 Å². The van der Waals surface area contributed by atoms with Crippen LogP contribution in [0, 0.1) is 12.3 Å². The molecule has 0 amide bonds. The average molecular weight is 190 g/mol. The number of benzene rings is 1. The Morgan fingerprint density at radius 1 is 1.50 bits per heavy atom. The molecule has 0 radical (unpaired) electrons. The summed E-state index contributed by atoms with van der Waals surface area (Å²) in [4.78, 5) is 0. The third-order valence-corrected chi connectivity index (χ3v) is 2.48. The summed E-state index contributed by atoms with van der Waals surface area (Å²) in [5.74, 6) is 2.59. The lowest BCUT2D eigenvalue weighted by atomic mass is 9.92. The first-order valence-corrected chi connectivity index (χ1v) is 4.88. The predicted octanol–water partition coefficient (Wildman–Crippen LogP) is 3.30. The maximum atomic E-state index is 12.6. The molecule has 0 N–H and O–H groups in total. The van der Waals surface area contributed by atoms with Gasteiger partial charge in [-0.2, -0.15) is 0 Å². The van der Waals surface area contributed by atoms with Crippen molar-refractivity contribution in [3.05, 3.63) is 34.9 Å². The van der Waals surface area contributed by atoms with Gasteiger partial charge in [0.2, 0.25) is 0 Å². The SMILES string of the molecule is C#Cc1cccc(C(C)CF)c1CC. The summed E-state index contributed by atoms with van der Waals surface area (Å²) >= 11 is 0. The van der Waals surface area contributed by atoms with E-state index in [4.69, 9.17) is 6.42 Å². The number of halogens is 1. The van der Waals surface area contributed by atoms with Gasteiger partial charge in [0.25, 0.3) is 0 Å². The summed E-state index contributed by atoms with van der Waals surface area (Å²) < 4.78 is 12.6. The van der Waals surface area contributed by atoms with Gasteiger partial charge in [0.05, 0.1) is 6.67 Å². The van der Waals surface area contributed by atoms with Crippen molar-refractivity contribution < 1.29 is 4.39 Å². The normalized spacial score (nSPS) is 12.1.